The Bertz CT molecular complexity index is 748. The summed E-state index contributed by atoms with van der Waals surface area (Å²) in [4.78, 5) is 14.9. The first-order valence-corrected chi connectivity index (χ1v) is 8.85. The zero-order valence-electron chi connectivity index (χ0n) is 15.6. The highest BCUT2D eigenvalue weighted by Gasteiger charge is 2.37. The number of nitrogens with one attached hydrogen (secondary N) is 1. The van der Waals surface area contributed by atoms with Gasteiger partial charge in [0.2, 0.25) is 5.91 Å². The second-order valence-corrected chi connectivity index (χ2v) is 6.66. The van der Waals surface area contributed by atoms with Crippen LogP contribution in [-0.2, 0) is 11.3 Å². The number of hydrogen-bond donors (Lipinski definition) is 1. The van der Waals surface area contributed by atoms with Gasteiger partial charge >= 0.3 is 0 Å². The molecule has 26 heavy (non-hydrogen) atoms. The second-order valence-electron chi connectivity index (χ2n) is 6.66. The van der Waals surface area contributed by atoms with E-state index in [0.717, 1.165) is 29.2 Å². The quantitative estimate of drug-likeness (QED) is 0.867. The molecule has 0 aliphatic carbocycles. The van der Waals surface area contributed by atoms with Gasteiger partial charge < -0.3 is 19.7 Å². The number of rotatable bonds is 6. The van der Waals surface area contributed by atoms with Crippen LogP contribution in [0.5, 0.6) is 11.5 Å². The number of hydrogen-bond acceptors (Lipinski definition) is 4. The van der Waals surface area contributed by atoms with Gasteiger partial charge in [-0.25, -0.2) is 0 Å². The summed E-state index contributed by atoms with van der Waals surface area (Å²) in [5.41, 5.74) is 2.15. The molecule has 0 spiro atoms. The Morgan fingerprint density at radius 3 is 2.58 bits per heavy atom. The van der Waals surface area contributed by atoms with E-state index in [1.165, 1.54) is 0 Å². The van der Waals surface area contributed by atoms with E-state index in [1.807, 2.05) is 60.5 Å². The molecule has 1 aliphatic rings. The SMILES string of the molecule is COc1ccc(OC)c(C2CNCC2C(=O)N(C)Cc2ccccc2)c1. The molecule has 2 aromatic rings. The number of ether oxygens (including phenoxy) is 2. The van der Waals surface area contributed by atoms with Crippen LogP contribution in [0.15, 0.2) is 48.5 Å². The van der Waals surface area contributed by atoms with Crippen LogP contribution < -0.4 is 14.8 Å². The fraction of sp³-hybridized carbons (Fsp3) is 0.381. The van der Waals surface area contributed by atoms with Crippen molar-refractivity contribution in [1.82, 2.24) is 10.2 Å². The van der Waals surface area contributed by atoms with E-state index in [9.17, 15) is 4.79 Å². The summed E-state index contributed by atoms with van der Waals surface area (Å²) >= 11 is 0. The Labute approximate surface area is 154 Å². The molecule has 138 valence electrons. The Morgan fingerprint density at radius 1 is 1.12 bits per heavy atom. The molecule has 2 atom stereocenters. The summed E-state index contributed by atoms with van der Waals surface area (Å²) in [5, 5.41) is 3.37. The summed E-state index contributed by atoms with van der Waals surface area (Å²) in [6.45, 7) is 2.03. The van der Waals surface area contributed by atoms with E-state index in [-0.39, 0.29) is 17.7 Å². The lowest BCUT2D eigenvalue weighted by Crippen LogP contribution is -2.35. The van der Waals surface area contributed by atoms with Gasteiger partial charge in [0.1, 0.15) is 11.5 Å². The van der Waals surface area contributed by atoms with Gasteiger partial charge in [-0.05, 0) is 23.8 Å². The molecular formula is C21H26N2O3. The van der Waals surface area contributed by atoms with E-state index in [4.69, 9.17) is 9.47 Å². The minimum Gasteiger partial charge on any atom is -0.497 e. The Balaban J connectivity index is 1.80. The van der Waals surface area contributed by atoms with Crippen molar-refractivity contribution < 1.29 is 14.3 Å². The van der Waals surface area contributed by atoms with Gasteiger partial charge in [0.15, 0.2) is 0 Å². The van der Waals surface area contributed by atoms with Gasteiger partial charge in [0.05, 0.1) is 20.1 Å². The first kappa shape index (κ1) is 18.3. The molecule has 1 amide bonds. The lowest BCUT2D eigenvalue weighted by Gasteiger charge is -2.26. The van der Waals surface area contributed by atoms with Gasteiger partial charge in [-0.1, -0.05) is 30.3 Å². The fourth-order valence-corrected chi connectivity index (χ4v) is 3.61. The smallest absolute Gasteiger partial charge is 0.227 e. The number of carbonyl (C=O) groups excluding carboxylic acids is 1. The van der Waals surface area contributed by atoms with Gasteiger partial charge in [0.25, 0.3) is 0 Å². The highest BCUT2D eigenvalue weighted by molar-refractivity contribution is 5.80. The monoisotopic (exact) mass is 354 g/mol. The molecule has 1 aliphatic heterocycles. The summed E-state index contributed by atoms with van der Waals surface area (Å²) < 4.78 is 10.9. The summed E-state index contributed by atoms with van der Waals surface area (Å²) in [5.74, 6) is 1.66. The Kier molecular flexibility index (Phi) is 5.78. The number of nitrogens with zero attached hydrogens (tertiary/aromatic N) is 1. The maximum atomic E-state index is 13.1. The zero-order chi connectivity index (χ0) is 18.5. The third-order valence-corrected chi connectivity index (χ3v) is 5.01. The second kappa shape index (κ2) is 8.23. The van der Waals surface area contributed by atoms with Gasteiger partial charge in [0, 0.05) is 38.2 Å². The zero-order valence-corrected chi connectivity index (χ0v) is 15.6. The highest BCUT2D eigenvalue weighted by Crippen LogP contribution is 2.37. The molecule has 1 heterocycles. The lowest BCUT2D eigenvalue weighted by atomic mass is 9.87. The third kappa shape index (κ3) is 3.83. The summed E-state index contributed by atoms with van der Waals surface area (Å²) in [6.07, 6.45) is 0. The number of methoxy groups -OCH3 is 2. The van der Waals surface area contributed by atoms with Crippen LogP contribution in [-0.4, -0.2) is 45.2 Å². The van der Waals surface area contributed by atoms with Crippen LogP contribution in [0.1, 0.15) is 17.0 Å². The predicted octanol–water partition coefficient (Wildman–Crippen LogP) is 2.67. The maximum absolute atomic E-state index is 13.1. The minimum absolute atomic E-state index is 0.0609. The average Bonchev–Trinajstić information content (AvgIpc) is 3.17. The number of carbonyl (C=O) groups is 1. The van der Waals surface area contributed by atoms with E-state index >= 15 is 0 Å². The summed E-state index contributed by atoms with van der Waals surface area (Å²) in [6, 6.07) is 15.8. The molecule has 2 aromatic carbocycles. The van der Waals surface area contributed by atoms with E-state index in [2.05, 4.69) is 5.32 Å². The molecule has 5 heteroatoms. The highest BCUT2D eigenvalue weighted by atomic mass is 16.5. The van der Waals surface area contributed by atoms with Crippen molar-refractivity contribution in [3.63, 3.8) is 0 Å². The minimum atomic E-state index is -0.121. The van der Waals surface area contributed by atoms with E-state index in [1.54, 1.807) is 14.2 Å². The van der Waals surface area contributed by atoms with Crippen LogP contribution in [0, 0.1) is 5.92 Å². The lowest BCUT2D eigenvalue weighted by molar-refractivity contribution is -0.134. The van der Waals surface area contributed by atoms with Crippen LogP contribution in [0.25, 0.3) is 0 Å². The number of amides is 1. The predicted molar refractivity (Wildman–Crippen MR) is 102 cm³/mol. The average molecular weight is 354 g/mol. The fourth-order valence-electron chi connectivity index (χ4n) is 3.61. The molecule has 0 radical (unpaired) electrons. The molecule has 0 bridgehead atoms. The Hall–Kier alpha value is -2.53. The normalized spacial score (nSPS) is 19.2. The standard InChI is InChI=1S/C21H26N2O3/c1-23(14-15-7-5-4-6-8-15)21(24)19-13-22-12-18(19)17-11-16(25-2)9-10-20(17)26-3/h4-11,18-19,22H,12-14H2,1-3H3. The van der Waals surface area contributed by atoms with E-state index in [0.29, 0.717) is 13.1 Å². The van der Waals surface area contributed by atoms with Crippen molar-refractivity contribution in [2.24, 2.45) is 5.92 Å². The molecule has 2 unspecified atom stereocenters. The van der Waals surface area contributed by atoms with Crippen LogP contribution >= 0.6 is 0 Å². The molecule has 1 fully saturated rings. The van der Waals surface area contributed by atoms with Gasteiger partial charge in [-0.15, -0.1) is 0 Å². The largest absolute Gasteiger partial charge is 0.497 e. The maximum Gasteiger partial charge on any atom is 0.227 e. The van der Waals surface area contributed by atoms with Crippen molar-refractivity contribution in [1.29, 1.82) is 0 Å². The van der Waals surface area contributed by atoms with Crippen LogP contribution in [0.2, 0.25) is 0 Å². The van der Waals surface area contributed by atoms with Gasteiger partial charge in [-0.3, -0.25) is 4.79 Å². The molecular weight excluding hydrogens is 328 g/mol. The summed E-state index contributed by atoms with van der Waals surface area (Å²) in [7, 11) is 5.17. The topological polar surface area (TPSA) is 50.8 Å². The Morgan fingerprint density at radius 2 is 1.88 bits per heavy atom. The number of benzene rings is 2. The molecule has 3 rings (SSSR count). The van der Waals surface area contributed by atoms with Crippen LogP contribution in [0.4, 0.5) is 0 Å². The van der Waals surface area contributed by atoms with Crippen molar-refractivity contribution in [2.75, 3.05) is 34.4 Å². The first-order valence-electron chi connectivity index (χ1n) is 8.85. The van der Waals surface area contributed by atoms with Crippen LogP contribution in [0.3, 0.4) is 0 Å². The molecule has 0 saturated carbocycles. The first-order chi connectivity index (χ1) is 12.6. The molecule has 1 N–H and O–H groups in total. The van der Waals surface area contributed by atoms with Crippen molar-refractivity contribution in [3.05, 3.63) is 59.7 Å². The van der Waals surface area contributed by atoms with Gasteiger partial charge in [-0.2, -0.15) is 0 Å². The van der Waals surface area contributed by atoms with E-state index < -0.39 is 0 Å². The molecule has 0 aromatic heterocycles. The van der Waals surface area contributed by atoms with Crippen molar-refractivity contribution in [2.45, 2.75) is 12.5 Å². The molecule has 5 nitrogen and oxygen atoms in total. The molecule has 1 saturated heterocycles. The van der Waals surface area contributed by atoms with Crippen molar-refractivity contribution >= 4 is 5.91 Å². The third-order valence-electron chi connectivity index (χ3n) is 5.01. The van der Waals surface area contributed by atoms with Crippen molar-refractivity contribution in [3.8, 4) is 11.5 Å².